The first kappa shape index (κ1) is 24.1. The summed E-state index contributed by atoms with van der Waals surface area (Å²) in [6.45, 7) is 4.88. The fraction of sp³-hybridized carbons (Fsp3) is 0.400. The molecule has 1 atom stereocenters. The Labute approximate surface area is 194 Å². The number of nitrogens with zero attached hydrogens (tertiary/aromatic N) is 1. The Hall–Kier alpha value is -3.55. The number of benzene rings is 2. The highest BCUT2D eigenvalue weighted by molar-refractivity contribution is 5.97. The molecule has 1 fully saturated rings. The van der Waals surface area contributed by atoms with Crippen LogP contribution in [0.2, 0.25) is 0 Å². The summed E-state index contributed by atoms with van der Waals surface area (Å²) in [7, 11) is 1.57. The summed E-state index contributed by atoms with van der Waals surface area (Å²) in [5.41, 5.74) is 1.21. The van der Waals surface area contributed by atoms with E-state index in [1.165, 1.54) is 0 Å². The Balaban J connectivity index is 1.51. The van der Waals surface area contributed by atoms with E-state index in [0.717, 1.165) is 5.69 Å². The first-order valence-electron chi connectivity index (χ1n) is 11.2. The van der Waals surface area contributed by atoms with Gasteiger partial charge in [-0.1, -0.05) is 32.0 Å². The van der Waals surface area contributed by atoms with Crippen molar-refractivity contribution in [3.63, 3.8) is 0 Å². The third-order valence-electron chi connectivity index (χ3n) is 5.75. The number of carbonyl (C=O) groups is 3. The van der Waals surface area contributed by atoms with E-state index in [1.54, 1.807) is 36.3 Å². The Morgan fingerprint density at radius 3 is 2.18 bits per heavy atom. The monoisotopic (exact) mass is 452 g/mol. The van der Waals surface area contributed by atoms with E-state index < -0.39 is 6.04 Å². The zero-order valence-electron chi connectivity index (χ0n) is 19.3. The Morgan fingerprint density at radius 2 is 1.61 bits per heavy atom. The standard InChI is InChI=1S/C25H32N4O4/c1-17(2)22(28-23(30)18-9-11-21(33-3)12-10-18)24(31)29-15-13-20(14-16-29)27-25(32)26-19-7-5-4-6-8-19/h4-12,17,20,22H,13-16H2,1-3H3,(H,28,30)(H2,26,27,32). The molecule has 33 heavy (non-hydrogen) atoms. The van der Waals surface area contributed by atoms with Crippen LogP contribution in [0, 0.1) is 5.92 Å². The molecule has 3 rings (SSSR count). The second-order valence-electron chi connectivity index (χ2n) is 8.49. The van der Waals surface area contributed by atoms with Crippen molar-refractivity contribution in [1.82, 2.24) is 15.5 Å². The van der Waals surface area contributed by atoms with Gasteiger partial charge in [-0.2, -0.15) is 0 Å². The quantitative estimate of drug-likeness (QED) is 0.600. The van der Waals surface area contributed by atoms with Crippen LogP contribution in [0.3, 0.4) is 0 Å². The Kier molecular flexibility index (Phi) is 8.29. The Bertz CT molecular complexity index is 939. The van der Waals surface area contributed by atoms with Crippen LogP contribution in [-0.2, 0) is 4.79 Å². The topological polar surface area (TPSA) is 99.8 Å². The second kappa shape index (κ2) is 11.4. The predicted octanol–water partition coefficient (Wildman–Crippen LogP) is 3.26. The maximum Gasteiger partial charge on any atom is 0.319 e. The average Bonchev–Trinajstić information content (AvgIpc) is 2.83. The van der Waals surface area contributed by atoms with E-state index in [2.05, 4.69) is 16.0 Å². The second-order valence-corrected chi connectivity index (χ2v) is 8.49. The highest BCUT2D eigenvalue weighted by atomic mass is 16.5. The highest BCUT2D eigenvalue weighted by Gasteiger charge is 2.31. The van der Waals surface area contributed by atoms with Gasteiger partial charge in [0.15, 0.2) is 0 Å². The molecule has 0 bridgehead atoms. The third kappa shape index (κ3) is 6.71. The number of likely N-dealkylation sites (tertiary alicyclic amines) is 1. The molecule has 1 aliphatic heterocycles. The molecule has 0 aliphatic carbocycles. The maximum absolute atomic E-state index is 13.2. The van der Waals surface area contributed by atoms with Crippen LogP contribution >= 0.6 is 0 Å². The van der Waals surface area contributed by atoms with Gasteiger partial charge in [-0.15, -0.1) is 0 Å². The van der Waals surface area contributed by atoms with E-state index >= 15 is 0 Å². The highest BCUT2D eigenvalue weighted by Crippen LogP contribution is 2.16. The van der Waals surface area contributed by atoms with E-state index in [4.69, 9.17) is 4.74 Å². The number of hydrogen-bond acceptors (Lipinski definition) is 4. The predicted molar refractivity (Wildman–Crippen MR) is 127 cm³/mol. The van der Waals surface area contributed by atoms with Crippen molar-refractivity contribution in [3.8, 4) is 5.75 Å². The van der Waals surface area contributed by atoms with Gasteiger partial charge >= 0.3 is 6.03 Å². The molecule has 176 valence electrons. The lowest BCUT2D eigenvalue weighted by atomic mass is 9.99. The van der Waals surface area contributed by atoms with Crippen molar-refractivity contribution in [1.29, 1.82) is 0 Å². The first-order chi connectivity index (χ1) is 15.9. The van der Waals surface area contributed by atoms with Crippen molar-refractivity contribution < 1.29 is 19.1 Å². The molecule has 0 radical (unpaired) electrons. The maximum atomic E-state index is 13.2. The van der Waals surface area contributed by atoms with Gasteiger partial charge in [0.25, 0.3) is 5.91 Å². The summed E-state index contributed by atoms with van der Waals surface area (Å²) in [5, 5.41) is 8.68. The number of rotatable bonds is 7. The number of ether oxygens (including phenoxy) is 1. The molecule has 1 aliphatic rings. The van der Waals surface area contributed by atoms with E-state index in [-0.39, 0.29) is 29.8 Å². The van der Waals surface area contributed by atoms with Gasteiger partial charge in [-0.05, 0) is 55.2 Å². The molecule has 2 aromatic rings. The molecule has 1 unspecified atom stereocenters. The van der Waals surface area contributed by atoms with Crippen molar-refractivity contribution in [2.24, 2.45) is 5.92 Å². The lowest BCUT2D eigenvalue weighted by Gasteiger charge is -2.35. The first-order valence-corrected chi connectivity index (χ1v) is 11.2. The minimum atomic E-state index is -0.620. The van der Waals surface area contributed by atoms with Gasteiger partial charge in [0.1, 0.15) is 11.8 Å². The number of methoxy groups -OCH3 is 1. The number of para-hydroxylation sites is 1. The number of anilines is 1. The molecule has 4 amide bonds. The van der Waals surface area contributed by atoms with Crippen LogP contribution in [0.4, 0.5) is 10.5 Å². The largest absolute Gasteiger partial charge is 0.497 e. The third-order valence-corrected chi connectivity index (χ3v) is 5.75. The fourth-order valence-electron chi connectivity index (χ4n) is 3.80. The zero-order valence-corrected chi connectivity index (χ0v) is 19.3. The molecule has 8 heteroatoms. The lowest BCUT2D eigenvalue weighted by molar-refractivity contribution is -0.135. The van der Waals surface area contributed by atoms with E-state index in [9.17, 15) is 14.4 Å². The normalized spacial score (nSPS) is 15.0. The summed E-state index contributed by atoms with van der Waals surface area (Å²) in [6.07, 6.45) is 1.32. The Morgan fingerprint density at radius 1 is 0.970 bits per heavy atom. The zero-order chi connectivity index (χ0) is 23.8. The lowest BCUT2D eigenvalue weighted by Crippen LogP contribution is -2.55. The van der Waals surface area contributed by atoms with Gasteiger partial charge in [0.05, 0.1) is 7.11 Å². The van der Waals surface area contributed by atoms with E-state index in [0.29, 0.717) is 37.2 Å². The smallest absolute Gasteiger partial charge is 0.319 e. The average molecular weight is 453 g/mol. The van der Waals surface area contributed by atoms with Crippen LogP contribution in [-0.4, -0.2) is 55.0 Å². The molecular weight excluding hydrogens is 420 g/mol. The van der Waals surface area contributed by atoms with Gasteiger partial charge in [0.2, 0.25) is 5.91 Å². The number of nitrogens with one attached hydrogen (secondary N) is 3. The fourth-order valence-corrected chi connectivity index (χ4v) is 3.80. The SMILES string of the molecule is COc1ccc(C(=O)NC(C(=O)N2CCC(NC(=O)Nc3ccccc3)CC2)C(C)C)cc1. The van der Waals surface area contributed by atoms with Gasteiger partial charge in [-0.25, -0.2) is 4.79 Å². The van der Waals surface area contributed by atoms with Gasteiger partial charge < -0.3 is 25.6 Å². The summed E-state index contributed by atoms with van der Waals surface area (Å²) in [6, 6.07) is 15.2. The molecule has 2 aromatic carbocycles. The molecular formula is C25H32N4O4. The number of piperidine rings is 1. The summed E-state index contributed by atoms with van der Waals surface area (Å²) < 4.78 is 5.13. The molecule has 0 spiro atoms. The van der Waals surface area contributed by atoms with Crippen molar-refractivity contribution >= 4 is 23.5 Å². The van der Waals surface area contributed by atoms with Crippen LogP contribution in [0.1, 0.15) is 37.0 Å². The molecule has 1 saturated heterocycles. The van der Waals surface area contributed by atoms with Crippen molar-refractivity contribution in [3.05, 3.63) is 60.2 Å². The van der Waals surface area contributed by atoms with Gasteiger partial charge in [0, 0.05) is 30.4 Å². The summed E-state index contributed by atoms with van der Waals surface area (Å²) >= 11 is 0. The number of amides is 4. The van der Waals surface area contributed by atoms with Crippen LogP contribution in [0.15, 0.2) is 54.6 Å². The van der Waals surface area contributed by atoms with Crippen LogP contribution in [0.25, 0.3) is 0 Å². The molecule has 3 N–H and O–H groups in total. The summed E-state index contributed by atoms with van der Waals surface area (Å²) in [4.78, 5) is 39.9. The van der Waals surface area contributed by atoms with Gasteiger partial charge in [-0.3, -0.25) is 9.59 Å². The molecule has 0 saturated carbocycles. The molecule has 1 heterocycles. The molecule has 8 nitrogen and oxygen atoms in total. The van der Waals surface area contributed by atoms with Crippen molar-refractivity contribution in [2.45, 2.75) is 38.8 Å². The van der Waals surface area contributed by atoms with E-state index in [1.807, 2.05) is 44.2 Å². The van der Waals surface area contributed by atoms with Crippen molar-refractivity contribution in [2.75, 3.05) is 25.5 Å². The number of hydrogen-bond donors (Lipinski definition) is 3. The number of carbonyl (C=O) groups excluding carboxylic acids is 3. The minimum absolute atomic E-state index is 0.0100. The van der Waals surface area contributed by atoms with Crippen LogP contribution < -0.4 is 20.7 Å². The summed E-state index contributed by atoms with van der Waals surface area (Å²) in [5.74, 6) is 0.210. The minimum Gasteiger partial charge on any atom is -0.497 e. The van der Waals surface area contributed by atoms with Crippen LogP contribution in [0.5, 0.6) is 5.75 Å². The number of urea groups is 1. The molecule has 0 aromatic heterocycles.